The van der Waals surface area contributed by atoms with Crippen LogP contribution in [-0.2, 0) is 12.8 Å². The molecule has 4 aromatic rings. The van der Waals surface area contributed by atoms with Gasteiger partial charge in [0.05, 0.1) is 22.5 Å². The van der Waals surface area contributed by atoms with Crippen molar-refractivity contribution >= 4 is 28.8 Å². The van der Waals surface area contributed by atoms with E-state index in [9.17, 15) is 9.59 Å². The molecular weight excluding hydrogens is 550 g/mol. The Labute approximate surface area is 251 Å². The molecule has 2 aromatic heterocycles. The van der Waals surface area contributed by atoms with E-state index in [0.29, 0.717) is 21.2 Å². The van der Waals surface area contributed by atoms with E-state index in [-0.39, 0.29) is 23.4 Å². The van der Waals surface area contributed by atoms with Gasteiger partial charge in [0.2, 0.25) is 0 Å². The van der Waals surface area contributed by atoms with Crippen LogP contribution in [0.3, 0.4) is 0 Å². The number of halogens is 1. The fourth-order valence-corrected chi connectivity index (χ4v) is 6.92. The van der Waals surface area contributed by atoms with Crippen molar-refractivity contribution in [3.8, 4) is 27.5 Å². The summed E-state index contributed by atoms with van der Waals surface area (Å²) in [5, 5.41) is 3.23. The van der Waals surface area contributed by atoms with E-state index in [1.54, 1.807) is 0 Å². The molecule has 0 aliphatic carbocycles. The average molecular weight is 588 g/mol. The number of amides is 1. The average Bonchev–Trinajstić information content (AvgIpc) is 3.46. The molecule has 5 nitrogen and oxygen atoms in total. The summed E-state index contributed by atoms with van der Waals surface area (Å²) < 4.78 is 1.85. The Morgan fingerprint density at radius 3 is 2.37 bits per heavy atom. The minimum Gasteiger partial charge on any atom is -0.336 e. The molecule has 0 unspecified atom stereocenters. The Bertz CT molecular complexity index is 1600. The van der Waals surface area contributed by atoms with E-state index in [1.165, 1.54) is 11.3 Å². The van der Waals surface area contributed by atoms with Gasteiger partial charge < -0.3 is 4.90 Å². The van der Waals surface area contributed by atoms with Crippen LogP contribution >= 0.6 is 22.9 Å². The van der Waals surface area contributed by atoms with Crippen molar-refractivity contribution in [2.45, 2.75) is 78.7 Å². The highest BCUT2D eigenvalue weighted by atomic mass is 35.5. The van der Waals surface area contributed by atoms with Crippen LogP contribution < -0.4 is 5.56 Å². The number of hydrogen-bond acceptors (Lipinski definition) is 4. The lowest BCUT2D eigenvalue weighted by atomic mass is 9.95. The first-order chi connectivity index (χ1) is 19.7. The summed E-state index contributed by atoms with van der Waals surface area (Å²) in [7, 11) is 0. The molecule has 3 heterocycles. The fraction of sp³-hybridized carbons (Fsp3) is 0.382. The van der Waals surface area contributed by atoms with Crippen molar-refractivity contribution in [3.63, 3.8) is 0 Å². The Morgan fingerprint density at radius 1 is 1.07 bits per heavy atom. The lowest BCUT2D eigenvalue weighted by Crippen LogP contribution is -2.43. The standard InChI is InChI=1S/C34H38ClN3O2S/c1-6-23-12-10-13-24(7-2)31(23)38-30(21(3)4)27(33(39)37-18-9-8-11-22(37)5)19-28(34(38)40)32-36-29(20-41-32)25-14-16-26(35)17-15-25/h10,12-17,19-22H,6-9,11,18H2,1-5H3/t22-/m1/s1. The largest absolute Gasteiger partial charge is 0.336 e. The third-order valence-electron chi connectivity index (χ3n) is 8.14. The van der Waals surface area contributed by atoms with Crippen LogP contribution in [0, 0.1) is 0 Å². The second-order valence-corrected chi connectivity index (χ2v) is 12.5. The van der Waals surface area contributed by atoms with Crippen LogP contribution in [0.15, 0.2) is 58.7 Å². The molecule has 7 heteroatoms. The van der Waals surface area contributed by atoms with Gasteiger partial charge in [-0.2, -0.15) is 0 Å². The van der Waals surface area contributed by atoms with Gasteiger partial charge in [-0.3, -0.25) is 14.2 Å². The van der Waals surface area contributed by atoms with Gasteiger partial charge >= 0.3 is 0 Å². The summed E-state index contributed by atoms with van der Waals surface area (Å²) >= 11 is 7.54. The number of aromatic nitrogens is 2. The lowest BCUT2D eigenvalue weighted by molar-refractivity contribution is 0.0633. The van der Waals surface area contributed by atoms with Crippen molar-refractivity contribution in [3.05, 3.63) is 91.7 Å². The zero-order valence-electron chi connectivity index (χ0n) is 24.5. The Kier molecular flexibility index (Phi) is 8.81. The number of aryl methyl sites for hydroxylation is 2. The molecule has 0 N–H and O–H groups in total. The predicted octanol–water partition coefficient (Wildman–Crippen LogP) is 8.54. The van der Waals surface area contributed by atoms with Gasteiger partial charge in [-0.15, -0.1) is 11.3 Å². The number of pyridine rings is 1. The molecule has 1 saturated heterocycles. The molecule has 1 aliphatic heterocycles. The van der Waals surface area contributed by atoms with Crippen LogP contribution in [0.25, 0.3) is 27.5 Å². The molecule has 1 aliphatic rings. The van der Waals surface area contributed by atoms with Crippen molar-refractivity contribution in [2.75, 3.05) is 6.54 Å². The summed E-state index contributed by atoms with van der Waals surface area (Å²) in [5.41, 5.74) is 6.49. The Balaban J connectivity index is 1.81. The van der Waals surface area contributed by atoms with Gasteiger partial charge in [-0.1, -0.05) is 69.6 Å². The van der Waals surface area contributed by atoms with Crippen LogP contribution in [0.5, 0.6) is 0 Å². The maximum atomic E-state index is 14.6. The molecule has 5 rings (SSSR count). The predicted molar refractivity (Wildman–Crippen MR) is 171 cm³/mol. The monoisotopic (exact) mass is 587 g/mol. The molecule has 2 aromatic carbocycles. The van der Waals surface area contributed by atoms with Gasteiger partial charge in [0, 0.05) is 34.2 Å². The quantitative estimate of drug-likeness (QED) is 0.218. The molecule has 0 radical (unpaired) electrons. The highest BCUT2D eigenvalue weighted by molar-refractivity contribution is 7.13. The first kappa shape index (κ1) is 29.3. The van der Waals surface area contributed by atoms with Gasteiger partial charge in [0.15, 0.2) is 0 Å². The Hall–Kier alpha value is -3.22. The number of carbonyl (C=O) groups is 1. The van der Waals surface area contributed by atoms with E-state index in [1.807, 2.05) is 45.2 Å². The number of carbonyl (C=O) groups excluding carboxylic acids is 1. The van der Waals surface area contributed by atoms with Crippen LogP contribution in [0.1, 0.15) is 87.0 Å². The fourth-order valence-electron chi connectivity index (χ4n) is 5.95. The topological polar surface area (TPSA) is 55.2 Å². The van der Waals surface area contributed by atoms with Gasteiger partial charge in [0.25, 0.3) is 11.5 Å². The first-order valence-corrected chi connectivity index (χ1v) is 15.9. The normalized spacial score (nSPS) is 15.5. The van der Waals surface area contributed by atoms with E-state index in [2.05, 4.69) is 52.8 Å². The molecule has 214 valence electrons. The number of para-hydroxylation sites is 1. The van der Waals surface area contributed by atoms with E-state index in [0.717, 1.165) is 72.4 Å². The highest BCUT2D eigenvalue weighted by Crippen LogP contribution is 2.34. The van der Waals surface area contributed by atoms with Crippen molar-refractivity contribution < 1.29 is 4.79 Å². The summed E-state index contributed by atoms with van der Waals surface area (Å²) in [6.07, 6.45) is 4.67. The second-order valence-electron chi connectivity index (χ2n) is 11.2. The van der Waals surface area contributed by atoms with E-state index >= 15 is 0 Å². The summed E-state index contributed by atoms with van der Waals surface area (Å²) in [5.74, 6) is -0.0521. The zero-order valence-corrected chi connectivity index (χ0v) is 26.1. The molecule has 1 fully saturated rings. The van der Waals surface area contributed by atoms with Gasteiger partial charge in [-0.25, -0.2) is 4.98 Å². The maximum Gasteiger partial charge on any atom is 0.265 e. The molecule has 41 heavy (non-hydrogen) atoms. The number of rotatable bonds is 7. The smallest absolute Gasteiger partial charge is 0.265 e. The number of piperidine rings is 1. The summed E-state index contributed by atoms with van der Waals surface area (Å²) in [6.45, 7) is 11.2. The zero-order chi connectivity index (χ0) is 29.3. The summed E-state index contributed by atoms with van der Waals surface area (Å²) in [4.78, 5) is 35.9. The molecule has 0 bridgehead atoms. The number of benzene rings is 2. The van der Waals surface area contributed by atoms with Crippen molar-refractivity contribution in [1.82, 2.24) is 14.5 Å². The van der Waals surface area contributed by atoms with Crippen LogP contribution in [0.4, 0.5) is 0 Å². The van der Waals surface area contributed by atoms with E-state index < -0.39 is 0 Å². The molecule has 0 saturated carbocycles. The van der Waals surface area contributed by atoms with Crippen molar-refractivity contribution in [1.29, 1.82) is 0 Å². The van der Waals surface area contributed by atoms with Gasteiger partial charge in [0.1, 0.15) is 5.01 Å². The number of hydrogen-bond donors (Lipinski definition) is 0. The maximum absolute atomic E-state index is 14.6. The SMILES string of the molecule is CCc1cccc(CC)c1-n1c(C(C)C)c(C(=O)N2CCCC[C@H]2C)cc(-c2nc(-c3ccc(Cl)cc3)cs2)c1=O. The molecule has 1 amide bonds. The van der Waals surface area contributed by atoms with Crippen LogP contribution in [-0.4, -0.2) is 32.9 Å². The molecule has 0 spiro atoms. The third kappa shape index (κ3) is 5.64. The number of thiazole rings is 1. The lowest BCUT2D eigenvalue weighted by Gasteiger charge is -2.35. The minimum absolute atomic E-state index is 0.00240. The number of likely N-dealkylation sites (tertiary alicyclic amines) is 1. The summed E-state index contributed by atoms with van der Waals surface area (Å²) in [6, 6.07) is 15.8. The van der Waals surface area contributed by atoms with Gasteiger partial charge in [-0.05, 0) is 74.3 Å². The third-order valence-corrected chi connectivity index (χ3v) is 9.27. The molecular formula is C34H38ClN3O2S. The minimum atomic E-state index is -0.135. The highest BCUT2D eigenvalue weighted by Gasteiger charge is 2.31. The second kappa shape index (κ2) is 12.3. The number of nitrogens with zero attached hydrogens (tertiary/aromatic N) is 3. The van der Waals surface area contributed by atoms with E-state index in [4.69, 9.17) is 16.6 Å². The van der Waals surface area contributed by atoms with Crippen LogP contribution in [0.2, 0.25) is 5.02 Å². The molecule has 1 atom stereocenters. The van der Waals surface area contributed by atoms with Crippen molar-refractivity contribution in [2.24, 2.45) is 0 Å². The Morgan fingerprint density at radius 2 is 1.76 bits per heavy atom. The first-order valence-electron chi connectivity index (χ1n) is 14.7.